The van der Waals surface area contributed by atoms with Crippen molar-refractivity contribution in [3.05, 3.63) is 47.0 Å². The Hall–Kier alpha value is -2.09. The van der Waals surface area contributed by atoms with Crippen LogP contribution in [0.2, 0.25) is 5.02 Å². The minimum atomic E-state index is -3.66. The summed E-state index contributed by atoms with van der Waals surface area (Å²) in [5.41, 5.74) is 0.879. The molecule has 1 heterocycles. The van der Waals surface area contributed by atoms with Crippen molar-refractivity contribution in [2.45, 2.75) is 24.2 Å². The van der Waals surface area contributed by atoms with Crippen molar-refractivity contribution in [1.29, 1.82) is 0 Å². The van der Waals surface area contributed by atoms with E-state index in [4.69, 9.17) is 16.3 Å². The first kappa shape index (κ1) is 19.7. The van der Waals surface area contributed by atoms with Gasteiger partial charge in [-0.2, -0.15) is 4.31 Å². The number of aliphatic imine (C=N–C) groups is 1. The standard InChI is InChI=1S/C19H21ClN2O4S/c1-26-18-8-6-16(21-13-14-11-15(20)5-7-17(14)23)12-19(18)27(24,25)22-9-3-2-4-10-22/h5-8,11-13,23H,2-4,9-10H2,1H3. The average molecular weight is 409 g/mol. The molecule has 2 aromatic carbocycles. The van der Waals surface area contributed by atoms with Gasteiger partial charge in [0.2, 0.25) is 10.0 Å². The highest BCUT2D eigenvalue weighted by atomic mass is 35.5. The highest BCUT2D eigenvalue weighted by Gasteiger charge is 2.29. The van der Waals surface area contributed by atoms with Gasteiger partial charge in [-0.25, -0.2) is 8.42 Å². The van der Waals surface area contributed by atoms with Crippen LogP contribution >= 0.6 is 11.6 Å². The van der Waals surface area contributed by atoms with Crippen LogP contribution in [-0.2, 0) is 10.0 Å². The summed E-state index contributed by atoms with van der Waals surface area (Å²) >= 11 is 5.94. The number of hydrogen-bond acceptors (Lipinski definition) is 5. The predicted octanol–water partition coefficient (Wildman–Crippen LogP) is 3.98. The van der Waals surface area contributed by atoms with Crippen LogP contribution in [-0.4, -0.2) is 44.2 Å². The van der Waals surface area contributed by atoms with Crippen molar-refractivity contribution in [3.8, 4) is 11.5 Å². The second kappa shape index (κ2) is 8.29. The van der Waals surface area contributed by atoms with Crippen LogP contribution in [0.15, 0.2) is 46.3 Å². The molecule has 1 saturated heterocycles. The van der Waals surface area contributed by atoms with Crippen molar-refractivity contribution >= 4 is 33.5 Å². The fourth-order valence-corrected chi connectivity index (χ4v) is 4.84. The topological polar surface area (TPSA) is 79.2 Å². The molecule has 0 bridgehead atoms. The van der Waals surface area contributed by atoms with Gasteiger partial charge in [0.15, 0.2) is 0 Å². The van der Waals surface area contributed by atoms with Gasteiger partial charge in [-0.1, -0.05) is 18.0 Å². The summed E-state index contributed by atoms with van der Waals surface area (Å²) in [6.45, 7) is 1.02. The largest absolute Gasteiger partial charge is 0.507 e. The molecule has 8 heteroatoms. The lowest BCUT2D eigenvalue weighted by Crippen LogP contribution is -2.35. The highest BCUT2D eigenvalue weighted by Crippen LogP contribution is 2.32. The van der Waals surface area contributed by atoms with E-state index in [1.54, 1.807) is 24.3 Å². The molecule has 1 fully saturated rings. The van der Waals surface area contributed by atoms with E-state index in [-0.39, 0.29) is 16.4 Å². The molecule has 1 aliphatic heterocycles. The lowest BCUT2D eigenvalue weighted by molar-refractivity contribution is 0.343. The van der Waals surface area contributed by atoms with Crippen molar-refractivity contribution in [3.63, 3.8) is 0 Å². The molecule has 0 radical (unpaired) electrons. The number of benzene rings is 2. The monoisotopic (exact) mass is 408 g/mol. The van der Waals surface area contributed by atoms with E-state index in [9.17, 15) is 13.5 Å². The quantitative estimate of drug-likeness (QED) is 0.759. The first-order valence-electron chi connectivity index (χ1n) is 8.62. The summed E-state index contributed by atoms with van der Waals surface area (Å²) in [4.78, 5) is 4.39. The van der Waals surface area contributed by atoms with Gasteiger partial charge in [0, 0.05) is 29.9 Å². The molecule has 0 aliphatic carbocycles. The number of phenols is 1. The summed E-state index contributed by atoms with van der Waals surface area (Å²) in [5.74, 6) is 0.322. The number of piperidine rings is 1. The molecule has 6 nitrogen and oxygen atoms in total. The zero-order chi connectivity index (χ0) is 19.4. The zero-order valence-electron chi connectivity index (χ0n) is 14.9. The summed E-state index contributed by atoms with van der Waals surface area (Å²) in [5, 5.41) is 10.3. The van der Waals surface area contributed by atoms with Crippen molar-refractivity contribution in [1.82, 2.24) is 4.31 Å². The van der Waals surface area contributed by atoms with E-state index in [2.05, 4.69) is 4.99 Å². The Balaban J connectivity index is 1.96. The molecule has 0 saturated carbocycles. The third-order valence-corrected chi connectivity index (χ3v) is 6.58. The summed E-state index contributed by atoms with van der Waals surface area (Å²) in [6, 6.07) is 9.36. The Labute approximate surface area is 164 Å². The minimum absolute atomic E-state index is 0.0397. The van der Waals surface area contributed by atoms with E-state index >= 15 is 0 Å². The fraction of sp³-hybridized carbons (Fsp3) is 0.316. The molecular weight excluding hydrogens is 388 g/mol. The molecule has 3 rings (SSSR count). The molecule has 2 aromatic rings. The van der Waals surface area contributed by atoms with Crippen molar-refractivity contribution < 1.29 is 18.3 Å². The van der Waals surface area contributed by atoms with Gasteiger partial charge < -0.3 is 9.84 Å². The van der Waals surface area contributed by atoms with Crippen LogP contribution in [0.4, 0.5) is 5.69 Å². The number of phenolic OH excluding ortho intramolecular Hbond substituents is 1. The van der Waals surface area contributed by atoms with Crippen molar-refractivity contribution in [2.24, 2.45) is 4.99 Å². The second-order valence-electron chi connectivity index (χ2n) is 6.26. The van der Waals surface area contributed by atoms with E-state index < -0.39 is 10.0 Å². The maximum Gasteiger partial charge on any atom is 0.246 e. The van der Waals surface area contributed by atoms with Crippen LogP contribution in [0.5, 0.6) is 11.5 Å². The van der Waals surface area contributed by atoms with Crippen LogP contribution in [0.25, 0.3) is 0 Å². The Kier molecular flexibility index (Phi) is 6.04. The Morgan fingerprint density at radius 2 is 1.89 bits per heavy atom. The van der Waals surface area contributed by atoms with Gasteiger partial charge >= 0.3 is 0 Å². The first-order valence-corrected chi connectivity index (χ1v) is 10.4. The number of sulfonamides is 1. The minimum Gasteiger partial charge on any atom is -0.507 e. The Morgan fingerprint density at radius 1 is 1.15 bits per heavy atom. The molecule has 0 spiro atoms. The summed E-state index contributed by atoms with van der Waals surface area (Å²) < 4.78 is 32.8. The second-order valence-corrected chi connectivity index (χ2v) is 8.60. The van der Waals surface area contributed by atoms with Gasteiger partial charge in [0.1, 0.15) is 16.4 Å². The highest BCUT2D eigenvalue weighted by molar-refractivity contribution is 7.89. The molecule has 1 N–H and O–H groups in total. The molecular formula is C19H21ClN2O4S. The normalized spacial score (nSPS) is 15.9. The van der Waals surface area contributed by atoms with E-state index in [1.807, 2.05) is 0 Å². The number of methoxy groups -OCH3 is 1. The van der Waals surface area contributed by atoms with Crippen LogP contribution in [0.3, 0.4) is 0 Å². The van der Waals surface area contributed by atoms with Gasteiger partial charge in [0.05, 0.1) is 12.8 Å². The maximum absolute atomic E-state index is 13.0. The first-order chi connectivity index (χ1) is 12.9. The van der Waals surface area contributed by atoms with E-state index in [0.717, 1.165) is 19.3 Å². The van der Waals surface area contributed by atoms with Crippen LogP contribution in [0.1, 0.15) is 24.8 Å². The number of halogens is 1. The van der Waals surface area contributed by atoms with Gasteiger partial charge in [-0.05, 0) is 49.2 Å². The molecule has 0 atom stereocenters. The summed E-state index contributed by atoms with van der Waals surface area (Å²) in [6.07, 6.45) is 4.19. The van der Waals surface area contributed by atoms with E-state index in [0.29, 0.717) is 29.4 Å². The molecule has 0 aromatic heterocycles. The van der Waals surface area contributed by atoms with Gasteiger partial charge in [0.25, 0.3) is 0 Å². The molecule has 0 amide bonds. The third-order valence-electron chi connectivity index (χ3n) is 4.42. The van der Waals surface area contributed by atoms with Gasteiger partial charge in [-0.3, -0.25) is 4.99 Å². The Bertz CT molecular complexity index is 954. The zero-order valence-corrected chi connectivity index (χ0v) is 16.5. The lowest BCUT2D eigenvalue weighted by Gasteiger charge is -2.26. The van der Waals surface area contributed by atoms with Crippen LogP contribution < -0.4 is 4.74 Å². The van der Waals surface area contributed by atoms with Crippen molar-refractivity contribution in [2.75, 3.05) is 20.2 Å². The molecule has 144 valence electrons. The molecule has 1 aliphatic rings. The average Bonchev–Trinajstić information content (AvgIpc) is 2.69. The number of ether oxygens (including phenoxy) is 1. The predicted molar refractivity (Wildman–Crippen MR) is 106 cm³/mol. The Morgan fingerprint density at radius 3 is 2.59 bits per heavy atom. The smallest absolute Gasteiger partial charge is 0.246 e. The molecule has 27 heavy (non-hydrogen) atoms. The number of hydrogen-bond donors (Lipinski definition) is 1. The SMILES string of the molecule is COc1ccc(N=Cc2cc(Cl)ccc2O)cc1S(=O)(=O)N1CCCCC1. The van der Waals surface area contributed by atoms with Crippen LogP contribution in [0, 0.1) is 0 Å². The number of aromatic hydroxyl groups is 1. The number of nitrogens with zero attached hydrogens (tertiary/aromatic N) is 2. The maximum atomic E-state index is 13.0. The number of rotatable bonds is 5. The summed E-state index contributed by atoms with van der Waals surface area (Å²) in [7, 11) is -2.22. The third kappa shape index (κ3) is 4.43. The van der Waals surface area contributed by atoms with E-state index in [1.165, 1.54) is 29.8 Å². The lowest BCUT2D eigenvalue weighted by atomic mass is 10.2. The van der Waals surface area contributed by atoms with Gasteiger partial charge in [-0.15, -0.1) is 0 Å². The molecule has 0 unspecified atom stereocenters. The fourth-order valence-electron chi connectivity index (χ4n) is 2.96.